The van der Waals surface area contributed by atoms with Gasteiger partial charge in [-0.15, -0.1) is 0 Å². The molecule has 0 aliphatic heterocycles. The molecule has 0 unspecified atom stereocenters. The van der Waals surface area contributed by atoms with Crippen molar-refractivity contribution in [2.45, 2.75) is 57.8 Å². The molecule has 0 aliphatic rings. The number of amides is 2. The van der Waals surface area contributed by atoms with Crippen LogP contribution in [-0.2, 0) is 20.7 Å². The lowest BCUT2D eigenvalue weighted by molar-refractivity contribution is -0.131. The predicted molar refractivity (Wildman–Crippen MR) is 156 cm³/mol. The summed E-state index contributed by atoms with van der Waals surface area (Å²) in [5, 5.41) is 16.4. The summed E-state index contributed by atoms with van der Waals surface area (Å²) >= 11 is 0. The molecule has 222 valence electrons. The normalized spacial score (nSPS) is 14.3. The number of carbonyl (C=O) groups excluding carboxylic acids is 2. The Hall–Kier alpha value is -2.98. The number of nitrogens with one attached hydrogen (secondary N) is 2. The minimum Gasteiger partial charge on any atom is -0.493 e. The van der Waals surface area contributed by atoms with Gasteiger partial charge in [0, 0.05) is 46.4 Å². The van der Waals surface area contributed by atoms with Gasteiger partial charge in [-0.3, -0.25) is 9.59 Å². The Bertz CT molecular complexity index is 1000. The van der Waals surface area contributed by atoms with E-state index in [0.717, 1.165) is 18.4 Å². The van der Waals surface area contributed by atoms with Gasteiger partial charge in [-0.25, -0.2) is 0 Å². The quantitative estimate of drug-likeness (QED) is 0.195. The van der Waals surface area contributed by atoms with Gasteiger partial charge in [-0.2, -0.15) is 0 Å². The highest BCUT2D eigenvalue weighted by Gasteiger charge is 2.25. The van der Waals surface area contributed by atoms with E-state index in [0.29, 0.717) is 43.9 Å². The minimum absolute atomic E-state index is 0.0148. The Balaban J connectivity index is 1.85. The molecule has 0 aromatic heterocycles. The highest BCUT2D eigenvalue weighted by atomic mass is 16.5. The van der Waals surface area contributed by atoms with Gasteiger partial charge in [0.1, 0.15) is 11.9 Å². The second-order valence-electron chi connectivity index (χ2n) is 10.4. The van der Waals surface area contributed by atoms with E-state index in [4.69, 9.17) is 19.9 Å². The standard InChI is InChI=1S/C31H47N3O6/c1-22(2)24(20-33-30(36)25-14-8-9-15-28(25)40-17-11-10-16-38-3)19-26(32)27(35)21-34-31(37)29(39-4)18-23-12-6-5-7-13-23/h5-9,12-15,22,24,26-27,29,35H,10-11,16-21,32H2,1-4H3,(H,33,36)(H,34,37)/t24-,26+,27+,29-/m1/s1. The van der Waals surface area contributed by atoms with Crippen molar-refractivity contribution in [1.29, 1.82) is 0 Å². The molecule has 5 N–H and O–H groups in total. The van der Waals surface area contributed by atoms with Gasteiger partial charge in [0.15, 0.2) is 0 Å². The summed E-state index contributed by atoms with van der Waals surface area (Å²) in [7, 11) is 3.16. The van der Waals surface area contributed by atoms with Gasteiger partial charge < -0.3 is 35.7 Å². The van der Waals surface area contributed by atoms with Gasteiger partial charge in [0.05, 0.1) is 18.3 Å². The smallest absolute Gasteiger partial charge is 0.255 e. The van der Waals surface area contributed by atoms with Crippen LogP contribution in [0.5, 0.6) is 5.75 Å². The number of nitrogens with two attached hydrogens (primary N) is 1. The molecule has 0 saturated heterocycles. The number of aliphatic hydroxyl groups is 1. The molecule has 0 saturated carbocycles. The largest absolute Gasteiger partial charge is 0.493 e. The Labute approximate surface area is 238 Å². The van der Waals surface area contributed by atoms with Crippen LogP contribution in [0.4, 0.5) is 0 Å². The van der Waals surface area contributed by atoms with Crippen molar-refractivity contribution in [2.24, 2.45) is 17.6 Å². The van der Waals surface area contributed by atoms with E-state index >= 15 is 0 Å². The lowest BCUT2D eigenvalue weighted by atomic mass is 9.87. The maximum Gasteiger partial charge on any atom is 0.255 e. The van der Waals surface area contributed by atoms with Crippen LogP contribution in [0.1, 0.15) is 49.0 Å². The van der Waals surface area contributed by atoms with E-state index in [9.17, 15) is 14.7 Å². The molecule has 4 atom stereocenters. The summed E-state index contributed by atoms with van der Waals surface area (Å²) < 4.78 is 16.3. The first kappa shape index (κ1) is 33.2. The third kappa shape index (κ3) is 11.6. The molecule has 0 fully saturated rings. The topological polar surface area (TPSA) is 132 Å². The fraction of sp³-hybridized carbons (Fsp3) is 0.548. The van der Waals surface area contributed by atoms with Gasteiger partial charge >= 0.3 is 0 Å². The lowest BCUT2D eigenvalue weighted by Crippen LogP contribution is -2.48. The molecule has 0 aliphatic carbocycles. The zero-order valence-electron chi connectivity index (χ0n) is 24.3. The first-order valence-electron chi connectivity index (χ1n) is 14.0. The number of hydrogen-bond donors (Lipinski definition) is 4. The first-order valence-corrected chi connectivity index (χ1v) is 14.0. The number of aliphatic hydroxyl groups excluding tert-OH is 1. The van der Waals surface area contributed by atoms with E-state index in [1.807, 2.05) is 36.4 Å². The van der Waals surface area contributed by atoms with Crippen LogP contribution in [0.15, 0.2) is 54.6 Å². The molecule has 2 rings (SSSR count). The fourth-order valence-electron chi connectivity index (χ4n) is 4.31. The van der Waals surface area contributed by atoms with E-state index in [-0.39, 0.29) is 30.2 Å². The summed E-state index contributed by atoms with van der Waals surface area (Å²) in [6.45, 7) is 5.70. The summed E-state index contributed by atoms with van der Waals surface area (Å²) in [4.78, 5) is 25.6. The Morgan fingerprint density at radius 2 is 1.60 bits per heavy atom. The Morgan fingerprint density at radius 3 is 2.27 bits per heavy atom. The number of methoxy groups -OCH3 is 2. The third-order valence-electron chi connectivity index (χ3n) is 7.00. The van der Waals surface area contributed by atoms with E-state index in [1.54, 1.807) is 25.3 Å². The number of benzene rings is 2. The van der Waals surface area contributed by atoms with Crippen molar-refractivity contribution in [3.8, 4) is 5.75 Å². The Kier molecular flexibility index (Phi) is 15.3. The number of carbonyl (C=O) groups is 2. The molecule has 9 nitrogen and oxygen atoms in total. The van der Waals surface area contributed by atoms with Gasteiger partial charge in [-0.1, -0.05) is 56.3 Å². The number of para-hydroxylation sites is 1. The molecule has 0 heterocycles. The van der Waals surface area contributed by atoms with E-state index < -0.39 is 18.2 Å². The van der Waals surface area contributed by atoms with Crippen LogP contribution in [0.25, 0.3) is 0 Å². The molecule has 9 heteroatoms. The molecule has 0 spiro atoms. The minimum atomic E-state index is -0.942. The van der Waals surface area contributed by atoms with Crippen LogP contribution in [-0.4, -0.2) is 75.7 Å². The summed E-state index contributed by atoms with van der Waals surface area (Å²) in [5.74, 6) is 0.261. The molecule has 40 heavy (non-hydrogen) atoms. The monoisotopic (exact) mass is 557 g/mol. The van der Waals surface area contributed by atoms with Crippen LogP contribution in [0.3, 0.4) is 0 Å². The molecular weight excluding hydrogens is 510 g/mol. The second-order valence-corrected chi connectivity index (χ2v) is 10.4. The van der Waals surface area contributed by atoms with Crippen LogP contribution in [0, 0.1) is 11.8 Å². The maximum absolute atomic E-state index is 13.0. The van der Waals surface area contributed by atoms with Crippen molar-refractivity contribution < 1.29 is 28.9 Å². The SMILES string of the molecule is COCCCCOc1ccccc1C(=O)NC[C@@H](C[C@H](N)[C@@H](O)CNC(=O)[C@@H](Cc1ccccc1)OC)C(C)C. The number of unbranched alkanes of at least 4 members (excludes halogenated alkanes) is 1. The van der Waals surface area contributed by atoms with Crippen LogP contribution < -0.4 is 21.1 Å². The average Bonchev–Trinajstić information content (AvgIpc) is 2.96. The lowest BCUT2D eigenvalue weighted by Gasteiger charge is -2.28. The molecular formula is C31H47N3O6. The Morgan fingerprint density at radius 1 is 0.925 bits per heavy atom. The average molecular weight is 558 g/mol. The van der Waals surface area contributed by atoms with Gasteiger partial charge in [0.2, 0.25) is 5.91 Å². The number of rotatable bonds is 19. The van der Waals surface area contributed by atoms with Gasteiger partial charge in [-0.05, 0) is 48.8 Å². The highest BCUT2D eigenvalue weighted by molar-refractivity contribution is 5.96. The van der Waals surface area contributed by atoms with Crippen molar-refractivity contribution in [1.82, 2.24) is 10.6 Å². The van der Waals surface area contributed by atoms with Crippen LogP contribution >= 0.6 is 0 Å². The zero-order chi connectivity index (χ0) is 29.3. The molecule has 2 amide bonds. The number of ether oxygens (including phenoxy) is 3. The highest BCUT2D eigenvalue weighted by Crippen LogP contribution is 2.20. The van der Waals surface area contributed by atoms with Crippen LogP contribution in [0.2, 0.25) is 0 Å². The van der Waals surface area contributed by atoms with Crippen molar-refractivity contribution in [3.63, 3.8) is 0 Å². The fourth-order valence-corrected chi connectivity index (χ4v) is 4.31. The third-order valence-corrected chi connectivity index (χ3v) is 7.00. The van der Waals surface area contributed by atoms with Gasteiger partial charge in [0.25, 0.3) is 5.91 Å². The van der Waals surface area contributed by atoms with Crippen molar-refractivity contribution in [2.75, 3.05) is 40.5 Å². The molecule has 0 bridgehead atoms. The predicted octanol–water partition coefficient (Wildman–Crippen LogP) is 2.95. The second kappa shape index (κ2) is 18.4. The summed E-state index contributed by atoms with van der Waals surface area (Å²) in [5.41, 5.74) is 7.80. The molecule has 2 aromatic rings. The maximum atomic E-state index is 13.0. The van der Waals surface area contributed by atoms with Crippen molar-refractivity contribution >= 4 is 11.8 Å². The van der Waals surface area contributed by atoms with Crippen molar-refractivity contribution in [3.05, 3.63) is 65.7 Å². The molecule has 2 aromatic carbocycles. The molecule has 0 radical (unpaired) electrons. The summed E-state index contributed by atoms with van der Waals surface area (Å²) in [6.07, 6.45) is 1.02. The first-order chi connectivity index (χ1) is 19.3. The zero-order valence-corrected chi connectivity index (χ0v) is 24.3. The van der Waals surface area contributed by atoms with E-state index in [2.05, 4.69) is 24.5 Å². The summed E-state index contributed by atoms with van der Waals surface area (Å²) in [6, 6.07) is 16.2. The van der Waals surface area contributed by atoms with E-state index in [1.165, 1.54) is 7.11 Å². The number of hydrogen-bond acceptors (Lipinski definition) is 7.